The third-order valence-corrected chi connectivity index (χ3v) is 5.05. The molecule has 8 nitrogen and oxygen atoms in total. The molecule has 2 heterocycles. The molecule has 3 aromatic rings. The number of ether oxygens (including phenoxy) is 2. The van der Waals surface area contributed by atoms with E-state index in [1.54, 1.807) is 31.4 Å². The van der Waals surface area contributed by atoms with Gasteiger partial charge in [0.1, 0.15) is 16.4 Å². The Bertz CT molecular complexity index is 964. The van der Waals surface area contributed by atoms with Gasteiger partial charge in [-0.1, -0.05) is 5.16 Å². The Morgan fingerprint density at radius 1 is 1.19 bits per heavy atom. The lowest BCUT2D eigenvalue weighted by molar-refractivity contribution is 0.262. The van der Waals surface area contributed by atoms with Gasteiger partial charge in [0.2, 0.25) is 0 Å². The molecule has 1 aliphatic carbocycles. The smallest absolute Gasteiger partial charge is 0.323 e. The number of nitrogens with one attached hydrogen (secondary N) is 2. The lowest BCUT2D eigenvalue weighted by Gasteiger charge is -2.12. The molecule has 1 aliphatic rings. The maximum Gasteiger partial charge on any atom is 0.323 e. The van der Waals surface area contributed by atoms with Crippen molar-refractivity contribution in [3.8, 4) is 22.3 Å². The highest BCUT2D eigenvalue weighted by Crippen LogP contribution is 2.40. The molecule has 9 heteroatoms. The normalized spacial score (nSPS) is 13.3. The molecular formula is C18H18N4O4S. The van der Waals surface area contributed by atoms with E-state index in [-0.39, 0.29) is 0 Å². The number of thiophene rings is 1. The molecule has 0 atom stereocenters. The van der Waals surface area contributed by atoms with E-state index in [1.807, 2.05) is 5.38 Å². The molecule has 2 aromatic heterocycles. The third kappa shape index (κ3) is 3.72. The number of carbonyl (C=O) groups is 1. The van der Waals surface area contributed by atoms with Crippen molar-refractivity contribution in [2.75, 3.05) is 24.9 Å². The van der Waals surface area contributed by atoms with Gasteiger partial charge in [0.25, 0.3) is 5.89 Å². The molecule has 1 fully saturated rings. The average Bonchev–Trinajstić information content (AvgIpc) is 3.23. The number of methoxy groups -OCH3 is 2. The summed E-state index contributed by atoms with van der Waals surface area (Å²) in [6.07, 6.45) is 2.20. The van der Waals surface area contributed by atoms with Crippen LogP contribution in [0.1, 0.15) is 24.6 Å². The Morgan fingerprint density at radius 3 is 2.74 bits per heavy atom. The first kappa shape index (κ1) is 17.3. The Hall–Kier alpha value is -3.07. The summed E-state index contributed by atoms with van der Waals surface area (Å²) in [7, 11) is 3.10. The van der Waals surface area contributed by atoms with Gasteiger partial charge >= 0.3 is 6.03 Å². The molecule has 2 N–H and O–H groups in total. The lowest BCUT2D eigenvalue weighted by Crippen LogP contribution is -2.19. The van der Waals surface area contributed by atoms with Crippen molar-refractivity contribution < 1.29 is 18.8 Å². The van der Waals surface area contributed by atoms with Gasteiger partial charge in [-0.2, -0.15) is 4.98 Å². The maximum atomic E-state index is 12.4. The van der Waals surface area contributed by atoms with E-state index in [0.717, 1.165) is 23.5 Å². The fraction of sp³-hybridized carbons (Fsp3) is 0.278. The van der Waals surface area contributed by atoms with Crippen molar-refractivity contribution in [2.45, 2.75) is 18.8 Å². The first-order valence-electron chi connectivity index (χ1n) is 8.39. The highest BCUT2D eigenvalue weighted by atomic mass is 32.1. The monoisotopic (exact) mass is 386 g/mol. The number of benzene rings is 1. The van der Waals surface area contributed by atoms with Crippen LogP contribution in [-0.4, -0.2) is 30.4 Å². The molecule has 0 bridgehead atoms. The van der Waals surface area contributed by atoms with Gasteiger partial charge in [-0.15, -0.1) is 11.3 Å². The van der Waals surface area contributed by atoms with Crippen molar-refractivity contribution >= 4 is 28.7 Å². The zero-order valence-corrected chi connectivity index (χ0v) is 15.6. The number of rotatable bonds is 6. The van der Waals surface area contributed by atoms with Gasteiger partial charge in [0.15, 0.2) is 5.82 Å². The van der Waals surface area contributed by atoms with Gasteiger partial charge < -0.3 is 24.6 Å². The number of urea groups is 1. The van der Waals surface area contributed by atoms with Crippen molar-refractivity contribution in [2.24, 2.45) is 0 Å². The van der Waals surface area contributed by atoms with Crippen LogP contribution in [0.2, 0.25) is 0 Å². The highest BCUT2D eigenvalue weighted by molar-refractivity contribution is 7.14. The summed E-state index contributed by atoms with van der Waals surface area (Å²) in [5.41, 5.74) is 1.14. The van der Waals surface area contributed by atoms with Gasteiger partial charge in [-0.25, -0.2) is 4.79 Å². The Balaban J connectivity index is 1.48. The summed E-state index contributed by atoms with van der Waals surface area (Å²) in [6.45, 7) is 0. The van der Waals surface area contributed by atoms with Crippen LogP contribution in [0.5, 0.6) is 11.5 Å². The standard InChI is InChI=1S/C18H18N4O4S/c1-24-11-5-6-12(14(9-11)25-2)19-18(23)20-13-7-8-27-15(13)17-21-16(22-26-17)10-3-4-10/h5-10H,3-4H2,1-2H3,(H2,19,20,23). The topological polar surface area (TPSA) is 98.5 Å². The summed E-state index contributed by atoms with van der Waals surface area (Å²) < 4.78 is 15.8. The van der Waals surface area contributed by atoms with Crippen LogP contribution < -0.4 is 20.1 Å². The molecule has 140 valence electrons. The molecule has 0 saturated heterocycles. The summed E-state index contributed by atoms with van der Waals surface area (Å²) in [5, 5.41) is 11.5. The number of amides is 2. The number of anilines is 2. The van der Waals surface area contributed by atoms with Crippen LogP contribution in [0.15, 0.2) is 34.2 Å². The minimum Gasteiger partial charge on any atom is -0.497 e. The van der Waals surface area contributed by atoms with Crippen LogP contribution in [0.3, 0.4) is 0 Å². The van der Waals surface area contributed by atoms with Gasteiger partial charge in [0.05, 0.1) is 25.6 Å². The predicted molar refractivity (Wildman–Crippen MR) is 102 cm³/mol. The molecule has 2 amide bonds. The number of aromatic nitrogens is 2. The molecular weight excluding hydrogens is 368 g/mol. The van der Waals surface area contributed by atoms with Crippen molar-refractivity contribution in [3.05, 3.63) is 35.5 Å². The second-order valence-electron chi connectivity index (χ2n) is 6.04. The molecule has 4 rings (SSSR count). The zero-order valence-electron chi connectivity index (χ0n) is 14.8. The summed E-state index contributed by atoms with van der Waals surface area (Å²) in [4.78, 5) is 17.6. The third-order valence-electron chi connectivity index (χ3n) is 4.15. The first-order chi connectivity index (χ1) is 13.2. The molecule has 1 aromatic carbocycles. The van der Waals surface area contributed by atoms with E-state index in [1.165, 1.54) is 18.4 Å². The van der Waals surface area contributed by atoms with Crippen molar-refractivity contribution in [1.82, 2.24) is 10.1 Å². The van der Waals surface area contributed by atoms with E-state index in [2.05, 4.69) is 20.8 Å². The second kappa shape index (κ2) is 7.28. The minimum absolute atomic E-state index is 0.403. The summed E-state index contributed by atoms with van der Waals surface area (Å²) in [6, 6.07) is 6.55. The fourth-order valence-corrected chi connectivity index (χ4v) is 3.36. The molecule has 0 aliphatic heterocycles. The van der Waals surface area contributed by atoms with Crippen LogP contribution in [-0.2, 0) is 0 Å². The molecule has 0 unspecified atom stereocenters. The fourth-order valence-electron chi connectivity index (χ4n) is 2.59. The number of nitrogens with zero attached hydrogens (tertiary/aromatic N) is 2. The first-order valence-corrected chi connectivity index (χ1v) is 9.27. The van der Waals surface area contributed by atoms with Crippen LogP contribution in [0.4, 0.5) is 16.2 Å². The predicted octanol–water partition coefficient (Wildman–Crippen LogP) is 4.34. The number of hydrogen-bond donors (Lipinski definition) is 2. The van der Waals surface area contributed by atoms with Crippen LogP contribution in [0.25, 0.3) is 10.8 Å². The SMILES string of the molecule is COc1ccc(NC(=O)Nc2ccsc2-c2nc(C3CC3)no2)c(OC)c1. The molecule has 0 radical (unpaired) electrons. The van der Waals surface area contributed by atoms with Crippen molar-refractivity contribution in [1.29, 1.82) is 0 Å². The van der Waals surface area contributed by atoms with Crippen LogP contribution >= 0.6 is 11.3 Å². The van der Waals surface area contributed by atoms with Gasteiger partial charge in [-0.05, 0) is 36.4 Å². The Labute approximate surface area is 159 Å². The van der Waals surface area contributed by atoms with E-state index in [4.69, 9.17) is 14.0 Å². The minimum atomic E-state index is -0.403. The highest BCUT2D eigenvalue weighted by Gasteiger charge is 2.29. The maximum absolute atomic E-state index is 12.4. The van der Waals surface area contributed by atoms with E-state index >= 15 is 0 Å². The second-order valence-corrected chi connectivity index (χ2v) is 6.96. The molecule has 0 spiro atoms. The number of hydrogen-bond acceptors (Lipinski definition) is 7. The molecule has 27 heavy (non-hydrogen) atoms. The Morgan fingerprint density at radius 2 is 2.00 bits per heavy atom. The van der Waals surface area contributed by atoms with Crippen molar-refractivity contribution in [3.63, 3.8) is 0 Å². The van der Waals surface area contributed by atoms with E-state index in [9.17, 15) is 4.79 Å². The zero-order chi connectivity index (χ0) is 18.8. The summed E-state index contributed by atoms with van der Waals surface area (Å²) >= 11 is 1.43. The quantitative estimate of drug-likeness (QED) is 0.654. The molecule has 1 saturated carbocycles. The largest absolute Gasteiger partial charge is 0.497 e. The van der Waals surface area contributed by atoms with E-state index in [0.29, 0.717) is 34.7 Å². The Kier molecular flexibility index (Phi) is 4.68. The number of carbonyl (C=O) groups excluding carboxylic acids is 1. The van der Waals surface area contributed by atoms with Gasteiger partial charge in [0, 0.05) is 12.0 Å². The van der Waals surface area contributed by atoms with Gasteiger partial charge in [-0.3, -0.25) is 0 Å². The lowest BCUT2D eigenvalue weighted by atomic mass is 10.2. The summed E-state index contributed by atoms with van der Waals surface area (Å²) in [5.74, 6) is 2.70. The van der Waals surface area contributed by atoms with E-state index < -0.39 is 6.03 Å². The average molecular weight is 386 g/mol. The van der Waals surface area contributed by atoms with Crippen LogP contribution in [0, 0.1) is 0 Å².